The Bertz CT molecular complexity index is 1300. The molecule has 2 aromatic heterocycles. The predicted octanol–water partition coefficient (Wildman–Crippen LogP) is 5.03. The number of nitro benzene ring substituents is 1. The van der Waals surface area contributed by atoms with Crippen molar-refractivity contribution >= 4 is 55.3 Å². The van der Waals surface area contributed by atoms with Crippen LogP contribution in [0.5, 0.6) is 0 Å². The molecule has 0 aliphatic heterocycles. The number of hydrogen-bond acceptors (Lipinski definition) is 8. The third-order valence-electron chi connectivity index (χ3n) is 3.94. The summed E-state index contributed by atoms with van der Waals surface area (Å²) in [5, 5.41) is 16.1. The van der Waals surface area contributed by atoms with Crippen molar-refractivity contribution in [2.45, 2.75) is 0 Å². The standard InChI is InChI=1S/C19H11BrN4O4S/c20-13-3-1-11(2-4-13)9-22-23-19-21-10-17(29-19)15-8-12-7-14(24(26)27)5-6-16(12)28-18(15)25/h1-10H,(H,21,23). The molecule has 2 heterocycles. The van der Waals surface area contributed by atoms with Crippen molar-refractivity contribution in [2.75, 3.05) is 5.43 Å². The van der Waals surface area contributed by atoms with E-state index in [1.807, 2.05) is 24.3 Å². The molecule has 8 nitrogen and oxygen atoms in total. The Morgan fingerprint density at radius 3 is 2.76 bits per heavy atom. The van der Waals surface area contributed by atoms with Gasteiger partial charge in [0.2, 0.25) is 5.13 Å². The fourth-order valence-corrected chi connectivity index (χ4v) is 3.59. The minimum atomic E-state index is -0.542. The van der Waals surface area contributed by atoms with Crippen LogP contribution in [-0.2, 0) is 0 Å². The normalized spacial score (nSPS) is 11.2. The third-order valence-corrected chi connectivity index (χ3v) is 5.41. The van der Waals surface area contributed by atoms with E-state index in [0.29, 0.717) is 15.4 Å². The number of nitrogens with zero attached hydrogens (tertiary/aromatic N) is 3. The number of thiazole rings is 1. The summed E-state index contributed by atoms with van der Waals surface area (Å²) < 4.78 is 6.27. The number of rotatable bonds is 5. The van der Waals surface area contributed by atoms with Crippen LogP contribution in [0.25, 0.3) is 21.4 Å². The van der Waals surface area contributed by atoms with Gasteiger partial charge >= 0.3 is 5.63 Å². The molecule has 0 fully saturated rings. The predicted molar refractivity (Wildman–Crippen MR) is 116 cm³/mol. The summed E-state index contributed by atoms with van der Waals surface area (Å²) in [7, 11) is 0. The lowest BCUT2D eigenvalue weighted by molar-refractivity contribution is -0.384. The first-order chi connectivity index (χ1) is 14.0. The summed E-state index contributed by atoms with van der Waals surface area (Å²) >= 11 is 4.59. The van der Waals surface area contributed by atoms with Crippen LogP contribution in [0, 0.1) is 10.1 Å². The van der Waals surface area contributed by atoms with E-state index in [1.54, 1.807) is 12.3 Å². The molecule has 0 aliphatic carbocycles. The molecule has 0 spiro atoms. The number of benzene rings is 2. The molecule has 0 aliphatic rings. The van der Waals surface area contributed by atoms with Crippen molar-refractivity contribution in [1.82, 2.24) is 4.98 Å². The molecule has 0 radical (unpaired) electrons. The molecule has 0 unspecified atom stereocenters. The van der Waals surface area contributed by atoms with E-state index < -0.39 is 10.5 Å². The zero-order valence-electron chi connectivity index (χ0n) is 14.5. The number of halogens is 1. The van der Waals surface area contributed by atoms with E-state index in [2.05, 4.69) is 31.4 Å². The number of hydrazone groups is 1. The van der Waals surface area contributed by atoms with E-state index >= 15 is 0 Å². The Hall–Kier alpha value is -3.37. The van der Waals surface area contributed by atoms with Crippen molar-refractivity contribution in [3.8, 4) is 10.4 Å². The minimum Gasteiger partial charge on any atom is -0.422 e. The first kappa shape index (κ1) is 19.0. The highest BCUT2D eigenvalue weighted by atomic mass is 79.9. The van der Waals surface area contributed by atoms with Gasteiger partial charge in [-0.3, -0.25) is 15.5 Å². The first-order valence-corrected chi connectivity index (χ1v) is 9.84. The fourth-order valence-electron chi connectivity index (χ4n) is 2.56. The first-order valence-electron chi connectivity index (χ1n) is 8.23. The van der Waals surface area contributed by atoms with Crippen molar-refractivity contribution in [3.63, 3.8) is 0 Å². The number of nitrogens with one attached hydrogen (secondary N) is 1. The molecule has 0 atom stereocenters. The Kier molecular flexibility index (Phi) is 5.19. The van der Waals surface area contributed by atoms with Crippen LogP contribution in [-0.4, -0.2) is 16.1 Å². The van der Waals surface area contributed by atoms with Crippen LogP contribution in [0.2, 0.25) is 0 Å². The van der Waals surface area contributed by atoms with Crippen LogP contribution >= 0.6 is 27.3 Å². The highest BCUT2D eigenvalue weighted by Gasteiger charge is 2.14. The zero-order chi connectivity index (χ0) is 20.4. The molecule has 0 bridgehead atoms. The van der Waals surface area contributed by atoms with Crippen molar-refractivity contribution in [1.29, 1.82) is 0 Å². The summed E-state index contributed by atoms with van der Waals surface area (Å²) in [6.07, 6.45) is 3.18. The van der Waals surface area contributed by atoms with Gasteiger partial charge in [0.05, 0.1) is 21.6 Å². The molecule has 4 rings (SSSR count). The maximum atomic E-state index is 12.3. The van der Waals surface area contributed by atoms with E-state index in [4.69, 9.17) is 4.42 Å². The summed E-state index contributed by atoms with van der Waals surface area (Å²) in [4.78, 5) is 27.6. The highest BCUT2D eigenvalue weighted by molar-refractivity contribution is 9.10. The van der Waals surface area contributed by atoms with E-state index in [9.17, 15) is 14.9 Å². The van der Waals surface area contributed by atoms with Crippen LogP contribution in [0.15, 0.2) is 73.5 Å². The van der Waals surface area contributed by atoms with E-state index in [1.165, 1.54) is 35.7 Å². The summed E-state index contributed by atoms with van der Waals surface area (Å²) in [5.41, 5.74) is 3.68. The van der Waals surface area contributed by atoms with Crippen LogP contribution < -0.4 is 11.1 Å². The monoisotopic (exact) mass is 470 g/mol. The summed E-state index contributed by atoms with van der Waals surface area (Å²) in [6.45, 7) is 0. The molecule has 2 aromatic carbocycles. The van der Waals surface area contributed by atoms with Gasteiger partial charge in [-0.25, -0.2) is 9.78 Å². The van der Waals surface area contributed by atoms with Gasteiger partial charge in [0.1, 0.15) is 5.58 Å². The van der Waals surface area contributed by atoms with Gasteiger partial charge in [0.15, 0.2) is 0 Å². The van der Waals surface area contributed by atoms with Gasteiger partial charge in [0, 0.05) is 28.2 Å². The maximum Gasteiger partial charge on any atom is 0.345 e. The summed E-state index contributed by atoms with van der Waals surface area (Å²) in [6, 6.07) is 13.3. The number of fused-ring (bicyclic) bond motifs is 1. The number of non-ortho nitro benzene ring substituents is 1. The van der Waals surface area contributed by atoms with Gasteiger partial charge in [-0.2, -0.15) is 5.10 Å². The molecule has 0 amide bonds. The number of anilines is 1. The minimum absolute atomic E-state index is 0.0776. The molecule has 10 heteroatoms. The zero-order valence-corrected chi connectivity index (χ0v) is 16.9. The molecule has 144 valence electrons. The van der Waals surface area contributed by atoms with E-state index in [0.717, 1.165) is 10.0 Å². The molecule has 1 N–H and O–H groups in total. The average molecular weight is 471 g/mol. The van der Waals surface area contributed by atoms with Crippen molar-refractivity contribution in [2.24, 2.45) is 5.10 Å². The van der Waals surface area contributed by atoms with Gasteiger partial charge in [-0.15, -0.1) is 0 Å². The maximum absolute atomic E-state index is 12.3. The molecule has 29 heavy (non-hydrogen) atoms. The van der Waals surface area contributed by atoms with Crippen LogP contribution in [0.4, 0.5) is 10.8 Å². The highest BCUT2D eigenvalue weighted by Crippen LogP contribution is 2.29. The topological polar surface area (TPSA) is 111 Å². The fraction of sp³-hybridized carbons (Fsp3) is 0. The number of hydrogen-bond donors (Lipinski definition) is 1. The van der Waals surface area contributed by atoms with Crippen LogP contribution in [0.1, 0.15) is 5.56 Å². The molecule has 0 saturated carbocycles. The molecular weight excluding hydrogens is 460 g/mol. The van der Waals surface area contributed by atoms with Crippen molar-refractivity contribution < 1.29 is 9.34 Å². The molecular formula is C19H11BrN4O4S. The lowest BCUT2D eigenvalue weighted by atomic mass is 10.1. The second kappa shape index (κ2) is 7.94. The Morgan fingerprint density at radius 2 is 2.00 bits per heavy atom. The van der Waals surface area contributed by atoms with Gasteiger partial charge in [0.25, 0.3) is 5.69 Å². The van der Waals surface area contributed by atoms with E-state index in [-0.39, 0.29) is 16.8 Å². The lowest BCUT2D eigenvalue weighted by Crippen LogP contribution is -2.01. The third kappa shape index (κ3) is 4.23. The quantitative estimate of drug-likeness (QED) is 0.189. The van der Waals surface area contributed by atoms with Crippen molar-refractivity contribution in [3.05, 3.63) is 85.3 Å². The van der Waals surface area contributed by atoms with Gasteiger partial charge in [-0.05, 0) is 29.8 Å². The molecule has 4 aromatic rings. The molecule has 0 saturated heterocycles. The average Bonchev–Trinajstić information content (AvgIpc) is 3.17. The number of aromatic nitrogens is 1. The summed E-state index contributed by atoms with van der Waals surface area (Å²) in [5.74, 6) is 0. The second-order valence-electron chi connectivity index (χ2n) is 5.88. The lowest BCUT2D eigenvalue weighted by Gasteiger charge is -2.00. The Balaban J connectivity index is 1.59. The van der Waals surface area contributed by atoms with Gasteiger partial charge < -0.3 is 4.42 Å². The Morgan fingerprint density at radius 1 is 1.21 bits per heavy atom. The SMILES string of the molecule is O=c1oc2ccc([N+](=O)[O-])cc2cc1-c1cnc(NN=Cc2ccc(Br)cc2)s1. The number of nitro groups is 1. The second-order valence-corrected chi connectivity index (χ2v) is 7.82. The van der Waals surface area contributed by atoms with Crippen LogP contribution in [0.3, 0.4) is 0 Å². The smallest absolute Gasteiger partial charge is 0.345 e. The Labute approximate surface area is 175 Å². The largest absolute Gasteiger partial charge is 0.422 e. The van der Waals surface area contributed by atoms with Gasteiger partial charge in [-0.1, -0.05) is 39.4 Å².